The fraction of sp³-hybridized carbons (Fsp3) is 0.211. The van der Waals surface area contributed by atoms with Gasteiger partial charge in [0.1, 0.15) is 5.75 Å². The molecule has 0 fully saturated rings. The summed E-state index contributed by atoms with van der Waals surface area (Å²) in [5, 5.41) is 2.70. The number of benzene rings is 2. The van der Waals surface area contributed by atoms with Gasteiger partial charge in [-0.3, -0.25) is 4.90 Å². The van der Waals surface area contributed by atoms with Crippen molar-refractivity contribution in [3.8, 4) is 5.75 Å². The summed E-state index contributed by atoms with van der Waals surface area (Å²) in [4.78, 5) is 14.2. The fourth-order valence-electron chi connectivity index (χ4n) is 2.84. The summed E-state index contributed by atoms with van der Waals surface area (Å²) in [6, 6.07) is 12.6. The van der Waals surface area contributed by atoms with Crippen molar-refractivity contribution in [1.29, 1.82) is 0 Å². The molecule has 0 atom stereocenters. The van der Waals surface area contributed by atoms with Crippen molar-refractivity contribution in [2.24, 2.45) is 0 Å². The summed E-state index contributed by atoms with van der Waals surface area (Å²) in [6.07, 6.45) is -2.11. The van der Waals surface area contributed by atoms with Crippen molar-refractivity contribution in [1.82, 2.24) is 4.90 Å². The second kappa shape index (κ2) is 7.11. The van der Waals surface area contributed by atoms with E-state index in [0.29, 0.717) is 18.7 Å². The number of anilines is 1. The Bertz CT molecular complexity index is 829. The first kappa shape index (κ1) is 17.8. The lowest BCUT2D eigenvalue weighted by Crippen LogP contribution is -2.34. The maximum absolute atomic E-state index is 12.6. The molecule has 1 N–H and O–H groups in total. The van der Waals surface area contributed by atoms with Gasteiger partial charge >= 0.3 is 12.4 Å². The molecule has 0 spiro atoms. The Kier molecular flexibility index (Phi) is 4.88. The first-order chi connectivity index (χ1) is 12.4. The Morgan fingerprint density at radius 3 is 2.46 bits per heavy atom. The number of hydrogen-bond acceptors (Lipinski definition) is 2. The molecule has 2 aromatic carbocycles. The van der Waals surface area contributed by atoms with Crippen molar-refractivity contribution < 1.29 is 22.7 Å². The van der Waals surface area contributed by atoms with E-state index in [1.54, 1.807) is 4.90 Å². The standard InChI is InChI=1S/C19H17F3N2O2/c1-2-24(16-11-13-5-3-4-6-14(13)12-16)18(25)23-15-7-9-17(10-8-15)26-19(20,21)22/h3-11H,2,12H2,1H3,(H,23,25). The minimum absolute atomic E-state index is 0.336. The van der Waals surface area contributed by atoms with Gasteiger partial charge in [-0.15, -0.1) is 13.2 Å². The van der Waals surface area contributed by atoms with Gasteiger partial charge < -0.3 is 10.1 Å². The summed E-state index contributed by atoms with van der Waals surface area (Å²) >= 11 is 0. The first-order valence-electron chi connectivity index (χ1n) is 8.08. The van der Waals surface area contributed by atoms with Crippen LogP contribution in [0.2, 0.25) is 0 Å². The number of amides is 2. The maximum Gasteiger partial charge on any atom is 0.573 e. The fourth-order valence-corrected chi connectivity index (χ4v) is 2.84. The zero-order valence-electron chi connectivity index (χ0n) is 14.0. The Morgan fingerprint density at radius 1 is 1.15 bits per heavy atom. The molecule has 0 bridgehead atoms. The number of carbonyl (C=O) groups excluding carboxylic acids is 1. The number of hydrogen-bond donors (Lipinski definition) is 1. The average molecular weight is 362 g/mol. The van der Waals surface area contributed by atoms with Crippen LogP contribution in [0.25, 0.3) is 6.08 Å². The number of halogens is 3. The number of rotatable bonds is 4. The number of allylic oxidation sites excluding steroid dienone is 1. The Morgan fingerprint density at radius 2 is 1.85 bits per heavy atom. The molecule has 2 aromatic rings. The number of alkyl halides is 3. The van der Waals surface area contributed by atoms with Crippen LogP contribution >= 0.6 is 0 Å². The Hall–Kier alpha value is -2.96. The van der Waals surface area contributed by atoms with Crippen LogP contribution in [0, 0.1) is 0 Å². The molecule has 0 radical (unpaired) electrons. The molecule has 0 saturated carbocycles. The van der Waals surface area contributed by atoms with Crippen LogP contribution in [0.5, 0.6) is 5.75 Å². The van der Waals surface area contributed by atoms with Crippen molar-refractivity contribution in [3.63, 3.8) is 0 Å². The van der Waals surface area contributed by atoms with Gasteiger partial charge in [0.15, 0.2) is 0 Å². The van der Waals surface area contributed by atoms with E-state index in [-0.39, 0.29) is 11.8 Å². The minimum atomic E-state index is -4.74. The van der Waals surface area contributed by atoms with Gasteiger partial charge in [0.2, 0.25) is 0 Å². The predicted octanol–water partition coefficient (Wildman–Crippen LogP) is 5.04. The monoisotopic (exact) mass is 362 g/mol. The zero-order chi connectivity index (χ0) is 18.7. The Labute approximate surface area is 148 Å². The van der Waals surface area contributed by atoms with Gasteiger partial charge in [0.05, 0.1) is 0 Å². The second-order valence-electron chi connectivity index (χ2n) is 5.76. The third kappa shape index (κ3) is 4.17. The van der Waals surface area contributed by atoms with E-state index in [4.69, 9.17) is 0 Å². The van der Waals surface area contributed by atoms with E-state index in [0.717, 1.165) is 29.0 Å². The molecule has 136 valence electrons. The van der Waals surface area contributed by atoms with Crippen molar-refractivity contribution in [2.45, 2.75) is 19.7 Å². The molecule has 3 rings (SSSR count). The highest BCUT2D eigenvalue weighted by Gasteiger charge is 2.31. The van der Waals surface area contributed by atoms with Crippen LogP contribution in [-0.4, -0.2) is 23.8 Å². The molecular formula is C19H17F3N2O2. The number of carbonyl (C=O) groups is 1. The molecule has 0 aromatic heterocycles. The van der Waals surface area contributed by atoms with Crippen LogP contribution in [0.15, 0.2) is 54.2 Å². The van der Waals surface area contributed by atoms with Crippen molar-refractivity contribution in [3.05, 3.63) is 65.4 Å². The third-order valence-electron chi connectivity index (χ3n) is 4.00. The maximum atomic E-state index is 12.6. The summed E-state index contributed by atoms with van der Waals surface area (Å²) in [5.74, 6) is -0.336. The number of nitrogens with zero attached hydrogens (tertiary/aromatic N) is 1. The lowest BCUT2D eigenvalue weighted by atomic mass is 10.1. The van der Waals surface area contributed by atoms with E-state index in [9.17, 15) is 18.0 Å². The van der Waals surface area contributed by atoms with E-state index < -0.39 is 6.36 Å². The molecule has 0 aliphatic heterocycles. The minimum Gasteiger partial charge on any atom is -0.406 e. The Balaban J connectivity index is 1.67. The van der Waals surface area contributed by atoms with E-state index in [1.165, 1.54) is 12.1 Å². The van der Waals surface area contributed by atoms with Gasteiger partial charge in [0, 0.05) is 24.4 Å². The van der Waals surface area contributed by atoms with Gasteiger partial charge in [-0.1, -0.05) is 24.3 Å². The lowest BCUT2D eigenvalue weighted by Gasteiger charge is -2.22. The van der Waals surface area contributed by atoms with E-state index in [2.05, 4.69) is 10.1 Å². The summed E-state index contributed by atoms with van der Waals surface area (Å²) in [5.41, 5.74) is 3.51. The van der Waals surface area contributed by atoms with E-state index in [1.807, 2.05) is 37.3 Å². The molecule has 26 heavy (non-hydrogen) atoms. The summed E-state index contributed by atoms with van der Waals surface area (Å²) < 4.78 is 40.4. The first-order valence-corrected chi connectivity index (χ1v) is 8.08. The topological polar surface area (TPSA) is 41.6 Å². The van der Waals surface area contributed by atoms with Gasteiger partial charge in [0.25, 0.3) is 0 Å². The number of urea groups is 1. The quantitative estimate of drug-likeness (QED) is 0.828. The van der Waals surface area contributed by atoms with Crippen molar-refractivity contribution >= 4 is 17.8 Å². The molecule has 7 heteroatoms. The number of nitrogens with one attached hydrogen (secondary N) is 1. The van der Waals surface area contributed by atoms with E-state index >= 15 is 0 Å². The van der Waals surface area contributed by atoms with Crippen molar-refractivity contribution in [2.75, 3.05) is 11.9 Å². The molecule has 1 aliphatic carbocycles. The molecule has 1 aliphatic rings. The smallest absolute Gasteiger partial charge is 0.406 e. The highest BCUT2D eigenvalue weighted by Crippen LogP contribution is 2.28. The average Bonchev–Trinajstić information content (AvgIpc) is 2.99. The molecule has 0 heterocycles. The zero-order valence-corrected chi connectivity index (χ0v) is 14.0. The molecule has 0 saturated heterocycles. The number of ether oxygens (including phenoxy) is 1. The molecule has 0 unspecified atom stereocenters. The largest absolute Gasteiger partial charge is 0.573 e. The summed E-state index contributed by atoms with van der Waals surface area (Å²) in [7, 11) is 0. The van der Waals surface area contributed by atoms with Gasteiger partial charge in [-0.2, -0.15) is 0 Å². The van der Waals surface area contributed by atoms with Crippen LogP contribution in [0.1, 0.15) is 18.1 Å². The number of fused-ring (bicyclic) bond motifs is 1. The highest BCUT2D eigenvalue weighted by atomic mass is 19.4. The van der Waals surface area contributed by atoms with Crippen LogP contribution < -0.4 is 10.1 Å². The highest BCUT2D eigenvalue weighted by molar-refractivity contribution is 5.91. The van der Waals surface area contributed by atoms with Crippen LogP contribution in [0.4, 0.5) is 23.7 Å². The van der Waals surface area contributed by atoms with Crippen LogP contribution in [-0.2, 0) is 6.42 Å². The van der Waals surface area contributed by atoms with Gasteiger partial charge in [-0.05, 0) is 48.4 Å². The predicted molar refractivity (Wildman–Crippen MR) is 92.6 cm³/mol. The lowest BCUT2D eigenvalue weighted by molar-refractivity contribution is -0.274. The molecular weight excluding hydrogens is 345 g/mol. The molecule has 2 amide bonds. The third-order valence-corrected chi connectivity index (χ3v) is 4.00. The van der Waals surface area contributed by atoms with Gasteiger partial charge in [-0.25, -0.2) is 4.79 Å². The second-order valence-corrected chi connectivity index (χ2v) is 5.76. The SMILES string of the molecule is CCN(C(=O)Nc1ccc(OC(F)(F)F)cc1)C1=Cc2ccccc2C1. The van der Waals surface area contributed by atoms with Crippen LogP contribution in [0.3, 0.4) is 0 Å². The molecule has 4 nitrogen and oxygen atoms in total. The number of likely N-dealkylation sites (N-methyl/N-ethyl adjacent to an activating group) is 1. The normalized spacial score (nSPS) is 13.0. The summed E-state index contributed by atoms with van der Waals surface area (Å²) in [6.45, 7) is 2.34.